The van der Waals surface area contributed by atoms with E-state index in [0.29, 0.717) is 17.8 Å². The van der Waals surface area contributed by atoms with Gasteiger partial charge in [0.2, 0.25) is 5.91 Å². The molecule has 1 saturated carbocycles. The number of nitrogens with one attached hydrogen (secondary N) is 2. The molecule has 0 heterocycles. The number of rotatable bonds is 8. The average Bonchev–Trinajstić information content (AvgIpc) is 3.21. The second kappa shape index (κ2) is 10.1. The minimum Gasteiger partial charge on any atom is -0.497 e. The van der Waals surface area contributed by atoms with Crippen molar-refractivity contribution in [1.29, 1.82) is 0 Å². The molecular formula is C23H29N3O3. The zero-order valence-corrected chi connectivity index (χ0v) is 17.1. The molecule has 1 fully saturated rings. The van der Waals surface area contributed by atoms with Crippen LogP contribution >= 0.6 is 0 Å². The first-order chi connectivity index (χ1) is 14.0. The van der Waals surface area contributed by atoms with Crippen molar-refractivity contribution in [3.05, 3.63) is 59.7 Å². The van der Waals surface area contributed by atoms with Gasteiger partial charge in [-0.25, -0.2) is 0 Å². The molecule has 0 unspecified atom stereocenters. The molecule has 2 aromatic rings. The standard InChI is InChI=1S/C23H29N3O3/c1-26(15-17-11-13-19(29-2)14-12-17)16-22(27)25-21-10-6-5-9-20(21)23(28)24-18-7-3-4-8-18/h5-6,9-14,18H,3-4,7-8,15-16H2,1-2H3,(H,24,28)(H,25,27). The zero-order valence-electron chi connectivity index (χ0n) is 17.1. The van der Waals surface area contributed by atoms with Crippen molar-refractivity contribution in [2.24, 2.45) is 0 Å². The number of carbonyl (C=O) groups excluding carboxylic acids is 2. The van der Waals surface area contributed by atoms with Crippen LogP contribution in [0.5, 0.6) is 5.75 Å². The van der Waals surface area contributed by atoms with Crippen molar-refractivity contribution in [2.45, 2.75) is 38.3 Å². The first-order valence-corrected chi connectivity index (χ1v) is 10.1. The van der Waals surface area contributed by atoms with Crippen LogP contribution in [0.25, 0.3) is 0 Å². The highest BCUT2D eigenvalue weighted by Gasteiger charge is 2.20. The monoisotopic (exact) mass is 395 g/mol. The van der Waals surface area contributed by atoms with Crippen molar-refractivity contribution in [1.82, 2.24) is 10.2 Å². The summed E-state index contributed by atoms with van der Waals surface area (Å²) in [6, 6.07) is 15.2. The van der Waals surface area contributed by atoms with Gasteiger partial charge in [-0.3, -0.25) is 14.5 Å². The second-order valence-electron chi connectivity index (χ2n) is 7.57. The summed E-state index contributed by atoms with van der Waals surface area (Å²) in [7, 11) is 3.53. The highest BCUT2D eigenvalue weighted by molar-refractivity contribution is 6.04. The van der Waals surface area contributed by atoms with Gasteiger partial charge < -0.3 is 15.4 Å². The summed E-state index contributed by atoms with van der Waals surface area (Å²) < 4.78 is 5.17. The van der Waals surface area contributed by atoms with Gasteiger partial charge in [-0.05, 0) is 49.7 Å². The molecule has 154 valence electrons. The first-order valence-electron chi connectivity index (χ1n) is 10.1. The van der Waals surface area contributed by atoms with Crippen LogP contribution < -0.4 is 15.4 Å². The van der Waals surface area contributed by atoms with E-state index in [-0.39, 0.29) is 24.4 Å². The van der Waals surface area contributed by atoms with E-state index < -0.39 is 0 Å². The Labute approximate surface area is 172 Å². The van der Waals surface area contributed by atoms with Crippen molar-refractivity contribution in [3.63, 3.8) is 0 Å². The van der Waals surface area contributed by atoms with Gasteiger partial charge in [0.05, 0.1) is 24.9 Å². The Hall–Kier alpha value is -2.86. The molecule has 0 spiro atoms. The van der Waals surface area contributed by atoms with Crippen molar-refractivity contribution < 1.29 is 14.3 Å². The molecular weight excluding hydrogens is 366 g/mol. The van der Waals surface area contributed by atoms with Gasteiger partial charge in [-0.15, -0.1) is 0 Å². The Morgan fingerprint density at radius 2 is 1.76 bits per heavy atom. The fraction of sp³-hybridized carbons (Fsp3) is 0.391. The van der Waals surface area contributed by atoms with Crippen LogP contribution in [0.2, 0.25) is 0 Å². The van der Waals surface area contributed by atoms with Crippen LogP contribution in [-0.2, 0) is 11.3 Å². The Balaban J connectivity index is 1.56. The summed E-state index contributed by atoms with van der Waals surface area (Å²) in [5.74, 6) is 0.531. The van der Waals surface area contributed by atoms with Crippen molar-refractivity contribution >= 4 is 17.5 Å². The third-order valence-electron chi connectivity index (χ3n) is 5.16. The third kappa shape index (κ3) is 6.06. The van der Waals surface area contributed by atoms with Gasteiger partial charge in [0.15, 0.2) is 0 Å². The van der Waals surface area contributed by atoms with Crippen LogP contribution in [0.4, 0.5) is 5.69 Å². The predicted octanol–water partition coefficient (Wildman–Crippen LogP) is 3.44. The minimum absolute atomic E-state index is 0.126. The summed E-state index contributed by atoms with van der Waals surface area (Å²) >= 11 is 0. The molecule has 0 aliphatic heterocycles. The Bertz CT molecular complexity index is 830. The maximum Gasteiger partial charge on any atom is 0.253 e. The quantitative estimate of drug-likeness (QED) is 0.718. The first kappa shape index (κ1) is 20.9. The lowest BCUT2D eigenvalue weighted by Crippen LogP contribution is -2.34. The molecule has 0 atom stereocenters. The topological polar surface area (TPSA) is 70.7 Å². The zero-order chi connectivity index (χ0) is 20.6. The molecule has 3 rings (SSSR count). The molecule has 2 amide bonds. The smallest absolute Gasteiger partial charge is 0.253 e. The van der Waals surface area contributed by atoms with E-state index in [4.69, 9.17) is 4.74 Å². The highest BCUT2D eigenvalue weighted by Crippen LogP contribution is 2.20. The van der Waals surface area contributed by atoms with Crippen LogP contribution in [0.3, 0.4) is 0 Å². The molecule has 2 N–H and O–H groups in total. The number of anilines is 1. The van der Waals surface area contributed by atoms with Gasteiger partial charge >= 0.3 is 0 Å². The number of ether oxygens (including phenoxy) is 1. The number of hydrogen-bond acceptors (Lipinski definition) is 4. The highest BCUT2D eigenvalue weighted by atomic mass is 16.5. The van der Waals surface area contributed by atoms with Crippen LogP contribution in [-0.4, -0.2) is 43.5 Å². The van der Waals surface area contributed by atoms with Crippen molar-refractivity contribution in [3.8, 4) is 5.75 Å². The Kier molecular flexibility index (Phi) is 7.25. The number of amides is 2. The molecule has 0 radical (unpaired) electrons. The van der Waals surface area contributed by atoms with E-state index >= 15 is 0 Å². The molecule has 2 aromatic carbocycles. The third-order valence-corrected chi connectivity index (χ3v) is 5.16. The van der Waals surface area contributed by atoms with Crippen LogP contribution in [0.15, 0.2) is 48.5 Å². The predicted molar refractivity (Wildman–Crippen MR) is 114 cm³/mol. The number of nitrogens with zero attached hydrogens (tertiary/aromatic N) is 1. The minimum atomic E-state index is -0.151. The number of hydrogen-bond donors (Lipinski definition) is 2. The van der Waals surface area contributed by atoms with Gasteiger partial charge in [0.1, 0.15) is 5.75 Å². The summed E-state index contributed by atoms with van der Waals surface area (Å²) in [5.41, 5.74) is 2.15. The lowest BCUT2D eigenvalue weighted by Gasteiger charge is -2.18. The second-order valence-corrected chi connectivity index (χ2v) is 7.57. The maximum atomic E-state index is 12.6. The van der Waals surface area contributed by atoms with Crippen molar-refractivity contribution in [2.75, 3.05) is 26.0 Å². The molecule has 1 aliphatic carbocycles. The molecule has 6 heteroatoms. The number of carbonyl (C=O) groups is 2. The normalized spacial score (nSPS) is 14.0. The van der Waals surface area contributed by atoms with Crippen LogP contribution in [0.1, 0.15) is 41.6 Å². The fourth-order valence-electron chi connectivity index (χ4n) is 3.66. The number of benzene rings is 2. The van der Waals surface area contributed by atoms with E-state index in [1.54, 1.807) is 19.2 Å². The van der Waals surface area contributed by atoms with Gasteiger partial charge in [-0.1, -0.05) is 37.1 Å². The SMILES string of the molecule is COc1ccc(CN(C)CC(=O)Nc2ccccc2C(=O)NC2CCCC2)cc1. The Morgan fingerprint density at radius 3 is 2.45 bits per heavy atom. The van der Waals surface area contributed by atoms with E-state index in [1.807, 2.05) is 48.3 Å². The average molecular weight is 396 g/mol. The van der Waals surface area contributed by atoms with Gasteiger partial charge in [-0.2, -0.15) is 0 Å². The largest absolute Gasteiger partial charge is 0.497 e. The molecule has 0 saturated heterocycles. The van der Waals surface area contributed by atoms with Gasteiger partial charge in [0, 0.05) is 12.6 Å². The lowest BCUT2D eigenvalue weighted by molar-refractivity contribution is -0.117. The Morgan fingerprint density at radius 1 is 1.07 bits per heavy atom. The fourth-order valence-corrected chi connectivity index (χ4v) is 3.66. The number of methoxy groups -OCH3 is 1. The van der Waals surface area contributed by atoms with Gasteiger partial charge in [0.25, 0.3) is 5.91 Å². The lowest BCUT2D eigenvalue weighted by atomic mass is 10.1. The summed E-state index contributed by atoms with van der Waals surface area (Å²) in [6.07, 6.45) is 4.36. The molecule has 6 nitrogen and oxygen atoms in total. The summed E-state index contributed by atoms with van der Waals surface area (Å²) in [5, 5.41) is 5.97. The summed E-state index contributed by atoms with van der Waals surface area (Å²) in [4.78, 5) is 27.1. The molecule has 0 aromatic heterocycles. The van der Waals surface area contributed by atoms with E-state index in [2.05, 4.69) is 10.6 Å². The van der Waals surface area contributed by atoms with Crippen LogP contribution in [0, 0.1) is 0 Å². The molecule has 1 aliphatic rings. The molecule has 0 bridgehead atoms. The molecule has 29 heavy (non-hydrogen) atoms. The van der Waals surface area contributed by atoms with E-state index in [0.717, 1.165) is 37.0 Å². The number of para-hydroxylation sites is 1. The summed E-state index contributed by atoms with van der Waals surface area (Å²) in [6.45, 7) is 0.867. The van der Waals surface area contributed by atoms with E-state index in [1.165, 1.54) is 0 Å². The number of likely N-dealkylation sites (N-methyl/N-ethyl adjacent to an activating group) is 1. The maximum absolute atomic E-state index is 12.6. The van der Waals surface area contributed by atoms with E-state index in [9.17, 15) is 9.59 Å².